The van der Waals surface area contributed by atoms with Crippen molar-refractivity contribution in [1.29, 1.82) is 0 Å². The van der Waals surface area contributed by atoms with Gasteiger partial charge in [0.05, 0.1) is 0 Å². The molecule has 1 aliphatic rings. The van der Waals surface area contributed by atoms with Gasteiger partial charge in [-0.2, -0.15) is 0 Å². The van der Waals surface area contributed by atoms with Crippen LogP contribution < -0.4 is 5.32 Å². The fraction of sp³-hybridized carbons (Fsp3) is 0.700. The lowest BCUT2D eigenvalue weighted by Crippen LogP contribution is -2.33. The van der Waals surface area contributed by atoms with Crippen molar-refractivity contribution in [2.45, 2.75) is 59.3 Å². The molecule has 1 nitrogen and oxygen atoms in total. The van der Waals surface area contributed by atoms with Gasteiger partial charge in [-0.1, -0.05) is 58.4 Å². The summed E-state index contributed by atoms with van der Waals surface area (Å²) in [6.07, 6.45) is 5.49. The molecule has 0 radical (unpaired) electrons. The van der Waals surface area contributed by atoms with Crippen LogP contribution in [0.2, 0.25) is 0 Å². The zero-order valence-corrected chi connectivity index (χ0v) is 14.4. The van der Waals surface area contributed by atoms with Crippen LogP contribution in [-0.2, 0) is 6.42 Å². The van der Waals surface area contributed by atoms with E-state index in [2.05, 4.69) is 57.3 Å². The standard InChI is InChI=1S/C20H33N/c1-5-21-14-19-9-6-16(4)12-20(19)13-17-7-10-18(11-8-17)15(2)3/h7-8,10-11,15-16,19-21H,5-6,9,12-14H2,1-4H3. The van der Waals surface area contributed by atoms with Gasteiger partial charge in [0.1, 0.15) is 0 Å². The van der Waals surface area contributed by atoms with Crippen LogP contribution in [-0.4, -0.2) is 13.1 Å². The van der Waals surface area contributed by atoms with Crippen molar-refractivity contribution in [3.8, 4) is 0 Å². The Morgan fingerprint density at radius 2 is 1.81 bits per heavy atom. The molecule has 0 amide bonds. The Labute approximate surface area is 131 Å². The maximum atomic E-state index is 3.57. The van der Waals surface area contributed by atoms with E-state index < -0.39 is 0 Å². The van der Waals surface area contributed by atoms with Crippen LogP contribution in [0.1, 0.15) is 64.0 Å². The Balaban J connectivity index is 1.99. The molecule has 2 rings (SSSR count). The average molecular weight is 287 g/mol. The minimum atomic E-state index is 0.634. The maximum absolute atomic E-state index is 3.57. The summed E-state index contributed by atoms with van der Waals surface area (Å²) in [5.41, 5.74) is 2.99. The zero-order chi connectivity index (χ0) is 15.2. The first-order valence-electron chi connectivity index (χ1n) is 8.89. The molecule has 3 unspecified atom stereocenters. The van der Waals surface area contributed by atoms with Crippen molar-refractivity contribution in [1.82, 2.24) is 5.32 Å². The van der Waals surface area contributed by atoms with Crippen LogP contribution in [0.15, 0.2) is 24.3 Å². The summed E-state index contributed by atoms with van der Waals surface area (Å²) in [6, 6.07) is 9.37. The normalized spacial score (nSPS) is 26.2. The quantitative estimate of drug-likeness (QED) is 0.775. The highest BCUT2D eigenvalue weighted by Crippen LogP contribution is 2.35. The first-order chi connectivity index (χ1) is 10.1. The number of hydrogen-bond acceptors (Lipinski definition) is 1. The molecule has 21 heavy (non-hydrogen) atoms. The summed E-state index contributed by atoms with van der Waals surface area (Å²) in [5, 5.41) is 3.57. The SMILES string of the molecule is CCNCC1CCC(C)CC1Cc1ccc(C(C)C)cc1. The number of benzene rings is 1. The van der Waals surface area contributed by atoms with Crippen molar-refractivity contribution in [3.05, 3.63) is 35.4 Å². The monoisotopic (exact) mass is 287 g/mol. The second-order valence-electron chi connectivity index (χ2n) is 7.35. The smallest absolute Gasteiger partial charge is 0.00179 e. The Bertz CT molecular complexity index is 404. The lowest BCUT2D eigenvalue weighted by atomic mass is 9.72. The molecular weight excluding hydrogens is 254 g/mol. The molecule has 0 spiro atoms. The van der Waals surface area contributed by atoms with E-state index in [0.717, 1.165) is 24.3 Å². The summed E-state index contributed by atoms with van der Waals surface area (Å²) in [7, 11) is 0. The molecule has 0 heterocycles. The molecule has 1 aliphatic carbocycles. The second kappa shape index (κ2) is 7.98. The van der Waals surface area contributed by atoms with Gasteiger partial charge in [0.15, 0.2) is 0 Å². The minimum Gasteiger partial charge on any atom is -0.317 e. The van der Waals surface area contributed by atoms with Crippen LogP contribution in [0.5, 0.6) is 0 Å². The van der Waals surface area contributed by atoms with Crippen LogP contribution in [0, 0.1) is 17.8 Å². The predicted octanol–water partition coefficient (Wildman–Crippen LogP) is 5.01. The molecule has 1 N–H and O–H groups in total. The summed E-state index contributed by atoms with van der Waals surface area (Å²) < 4.78 is 0. The average Bonchev–Trinajstić information content (AvgIpc) is 2.47. The maximum Gasteiger partial charge on any atom is -0.00179 e. The van der Waals surface area contributed by atoms with Crippen molar-refractivity contribution in [2.24, 2.45) is 17.8 Å². The molecule has 0 aliphatic heterocycles. The van der Waals surface area contributed by atoms with Gasteiger partial charge < -0.3 is 5.32 Å². The van der Waals surface area contributed by atoms with Gasteiger partial charge in [-0.15, -0.1) is 0 Å². The Morgan fingerprint density at radius 3 is 2.43 bits per heavy atom. The molecule has 3 atom stereocenters. The largest absolute Gasteiger partial charge is 0.317 e. The predicted molar refractivity (Wildman–Crippen MR) is 92.8 cm³/mol. The summed E-state index contributed by atoms with van der Waals surface area (Å²) in [5.74, 6) is 3.27. The topological polar surface area (TPSA) is 12.0 Å². The highest BCUT2D eigenvalue weighted by Gasteiger charge is 2.28. The zero-order valence-electron chi connectivity index (χ0n) is 14.4. The molecule has 1 heteroatoms. The minimum absolute atomic E-state index is 0.634. The van der Waals surface area contributed by atoms with Gasteiger partial charge in [-0.25, -0.2) is 0 Å². The van der Waals surface area contributed by atoms with Gasteiger partial charge in [-0.3, -0.25) is 0 Å². The van der Waals surface area contributed by atoms with E-state index in [9.17, 15) is 0 Å². The fourth-order valence-electron chi connectivity index (χ4n) is 3.75. The van der Waals surface area contributed by atoms with Crippen LogP contribution in [0.25, 0.3) is 0 Å². The van der Waals surface area contributed by atoms with E-state index in [1.165, 1.54) is 43.4 Å². The van der Waals surface area contributed by atoms with Gasteiger partial charge >= 0.3 is 0 Å². The molecule has 1 aromatic rings. The van der Waals surface area contributed by atoms with Crippen molar-refractivity contribution in [2.75, 3.05) is 13.1 Å². The summed E-state index contributed by atoms with van der Waals surface area (Å²) in [6.45, 7) is 11.5. The first kappa shape index (κ1) is 16.5. The first-order valence-corrected chi connectivity index (χ1v) is 8.89. The molecule has 1 fully saturated rings. The Kier molecular flexibility index (Phi) is 6.29. The summed E-state index contributed by atoms with van der Waals surface area (Å²) >= 11 is 0. The van der Waals surface area contributed by atoms with E-state index in [4.69, 9.17) is 0 Å². The van der Waals surface area contributed by atoms with E-state index in [-0.39, 0.29) is 0 Å². The number of hydrogen-bond donors (Lipinski definition) is 1. The van der Waals surface area contributed by atoms with Crippen LogP contribution in [0.3, 0.4) is 0 Å². The van der Waals surface area contributed by atoms with Crippen molar-refractivity contribution < 1.29 is 0 Å². The Morgan fingerprint density at radius 1 is 1.10 bits per heavy atom. The lowest BCUT2D eigenvalue weighted by molar-refractivity contribution is 0.184. The molecule has 0 bridgehead atoms. The van der Waals surface area contributed by atoms with Crippen molar-refractivity contribution in [3.63, 3.8) is 0 Å². The second-order valence-corrected chi connectivity index (χ2v) is 7.35. The lowest BCUT2D eigenvalue weighted by Gasteiger charge is -2.35. The number of rotatable bonds is 6. The van der Waals surface area contributed by atoms with Gasteiger partial charge in [0, 0.05) is 0 Å². The number of nitrogens with one attached hydrogen (secondary N) is 1. The molecular formula is C20H33N. The molecule has 0 saturated heterocycles. The highest BCUT2D eigenvalue weighted by molar-refractivity contribution is 5.25. The van der Waals surface area contributed by atoms with E-state index in [1.54, 1.807) is 0 Å². The van der Waals surface area contributed by atoms with Crippen LogP contribution >= 0.6 is 0 Å². The van der Waals surface area contributed by atoms with Gasteiger partial charge in [-0.05, 0) is 67.2 Å². The van der Waals surface area contributed by atoms with Crippen LogP contribution in [0.4, 0.5) is 0 Å². The van der Waals surface area contributed by atoms with Gasteiger partial charge in [0.25, 0.3) is 0 Å². The molecule has 1 saturated carbocycles. The van der Waals surface area contributed by atoms with E-state index in [1.807, 2.05) is 0 Å². The molecule has 1 aromatic carbocycles. The Hall–Kier alpha value is -0.820. The third kappa shape index (κ3) is 4.85. The van der Waals surface area contributed by atoms with E-state index >= 15 is 0 Å². The molecule has 118 valence electrons. The summed E-state index contributed by atoms with van der Waals surface area (Å²) in [4.78, 5) is 0. The molecule has 0 aromatic heterocycles. The van der Waals surface area contributed by atoms with E-state index in [0.29, 0.717) is 5.92 Å². The van der Waals surface area contributed by atoms with Gasteiger partial charge in [0.2, 0.25) is 0 Å². The van der Waals surface area contributed by atoms with Crippen molar-refractivity contribution >= 4 is 0 Å². The third-order valence-corrected chi connectivity index (χ3v) is 5.20. The highest BCUT2D eigenvalue weighted by atomic mass is 14.8. The third-order valence-electron chi connectivity index (χ3n) is 5.20. The fourth-order valence-corrected chi connectivity index (χ4v) is 3.75.